The lowest BCUT2D eigenvalue weighted by Crippen LogP contribution is -2.49. The van der Waals surface area contributed by atoms with Crippen molar-refractivity contribution >= 4 is 0 Å². The second kappa shape index (κ2) is 2.47. The van der Waals surface area contributed by atoms with Gasteiger partial charge >= 0.3 is 0 Å². The van der Waals surface area contributed by atoms with Crippen LogP contribution in [0.3, 0.4) is 0 Å². The van der Waals surface area contributed by atoms with Crippen molar-refractivity contribution in [1.82, 2.24) is 0 Å². The highest BCUT2D eigenvalue weighted by Crippen LogP contribution is 2.53. The van der Waals surface area contributed by atoms with E-state index in [4.69, 9.17) is 4.74 Å². The first-order valence-electron chi connectivity index (χ1n) is 5.15. The predicted octanol–water partition coefficient (Wildman–Crippen LogP) is 2.99. The first kappa shape index (κ1) is 8.55. The fraction of sp³-hybridized carbons (Fsp3) is 1.00. The van der Waals surface area contributed by atoms with Gasteiger partial charge in [-0.15, -0.1) is 0 Å². The van der Waals surface area contributed by atoms with Gasteiger partial charge in [-0.3, -0.25) is 0 Å². The molecule has 1 aliphatic carbocycles. The van der Waals surface area contributed by atoms with E-state index in [2.05, 4.69) is 20.8 Å². The molecule has 1 nitrogen and oxygen atoms in total. The van der Waals surface area contributed by atoms with Crippen LogP contribution in [0.5, 0.6) is 0 Å². The third kappa shape index (κ3) is 1.10. The van der Waals surface area contributed by atoms with Gasteiger partial charge in [0.2, 0.25) is 0 Å². The van der Waals surface area contributed by atoms with Gasteiger partial charge in [0.25, 0.3) is 0 Å². The smallest absolute Gasteiger partial charge is 0.0575 e. The minimum absolute atomic E-state index is 0.429. The molecule has 1 heteroatoms. The fourth-order valence-corrected chi connectivity index (χ4v) is 2.70. The lowest BCUT2D eigenvalue weighted by molar-refractivity contribution is -0.157. The van der Waals surface area contributed by atoms with Crippen molar-refractivity contribution in [3.63, 3.8) is 0 Å². The van der Waals surface area contributed by atoms with Crippen molar-refractivity contribution in [2.75, 3.05) is 6.61 Å². The molecule has 1 saturated carbocycles. The Kier molecular flexibility index (Phi) is 1.76. The van der Waals surface area contributed by atoms with Crippen LogP contribution < -0.4 is 0 Å². The minimum Gasteiger partial charge on any atom is -0.378 e. The zero-order chi connectivity index (χ0) is 8.82. The van der Waals surface area contributed by atoms with E-state index in [0.717, 1.165) is 6.61 Å². The Labute approximate surface area is 75.5 Å². The van der Waals surface area contributed by atoms with Gasteiger partial charge in [0, 0.05) is 0 Å². The van der Waals surface area contributed by atoms with Gasteiger partial charge < -0.3 is 4.74 Å². The standard InChI is InChI=1S/C11H20O/c1-10(2,3)11-6-4-9(5-7-11)12-8-11/h9H,4-8H2,1-3H3. The summed E-state index contributed by atoms with van der Waals surface area (Å²) in [6, 6.07) is 0. The molecule has 0 aromatic carbocycles. The fourth-order valence-electron chi connectivity index (χ4n) is 2.70. The van der Waals surface area contributed by atoms with Crippen LogP contribution in [0.15, 0.2) is 0 Å². The van der Waals surface area contributed by atoms with Gasteiger partial charge in [0.15, 0.2) is 0 Å². The summed E-state index contributed by atoms with van der Waals surface area (Å²) in [6.07, 6.45) is 5.99. The van der Waals surface area contributed by atoms with E-state index in [0.29, 0.717) is 16.9 Å². The molecule has 0 spiro atoms. The average Bonchev–Trinajstić information content (AvgIpc) is 2.06. The van der Waals surface area contributed by atoms with Gasteiger partial charge in [0.05, 0.1) is 12.7 Å². The number of rotatable bonds is 0. The molecule has 0 unspecified atom stereocenters. The summed E-state index contributed by atoms with van der Waals surface area (Å²) < 4.78 is 5.81. The molecule has 2 bridgehead atoms. The van der Waals surface area contributed by atoms with Crippen LogP contribution >= 0.6 is 0 Å². The summed E-state index contributed by atoms with van der Waals surface area (Å²) in [6.45, 7) is 8.10. The van der Waals surface area contributed by atoms with Crippen LogP contribution in [-0.2, 0) is 4.74 Å². The molecule has 3 aliphatic rings. The summed E-state index contributed by atoms with van der Waals surface area (Å²) >= 11 is 0. The molecule has 12 heavy (non-hydrogen) atoms. The molecule has 2 aliphatic heterocycles. The van der Waals surface area contributed by atoms with Crippen LogP contribution in [0.1, 0.15) is 46.5 Å². The van der Waals surface area contributed by atoms with Crippen molar-refractivity contribution in [1.29, 1.82) is 0 Å². The van der Waals surface area contributed by atoms with Crippen LogP contribution in [0.25, 0.3) is 0 Å². The highest BCUT2D eigenvalue weighted by molar-refractivity contribution is 4.97. The third-order valence-corrected chi connectivity index (χ3v) is 4.08. The zero-order valence-electron chi connectivity index (χ0n) is 8.52. The normalized spacial score (nSPS) is 41.8. The van der Waals surface area contributed by atoms with Crippen molar-refractivity contribution in [2.24, 2.45) is 10.8 Å². The average molecular weight is 168 g/mol. The maximum atomic E-state index is 5.81. The maximum absolute atomic E-state index is 5.81. The molecule has 0 N–H and O–H groups in total. The molecule has 0 aromatic heterocycles. The van der Waals surface area contributed by atoms with E-state index in [1.807, 2.05) is 0 Å². The second-order valence-electron chi connectivity index (χ2n) is 5.54. The summed E-state index contributed by atoms with van der Waals surface area (Å²) in [5.41, 5.74) is 0.931. The number of fused-ring (bicyclic) bond motifs is 3. The molecule has 70 valence electrons. The number of ether oxygens (including phenoxy) is 1. The Hall–Kier alpha value is -0.0400. The predicted molar refractivity (Wildman–Crippen MR) is 50.1 cm³/mol. The Morgan fingerprint density at radius 3 is 2.00 bits per heavy atom. The topological polar surface area (TPSA) is 9.23 Å². The molecule has 0 amide bonds. The Bertz CT molecular complexity index is 156. The van der Waals surface area contributed by atoms with Crippen LogP contribution in [0.4, 0.5) is 0 Å². The molecular formula is C11H20O. The molecular weight excluding hydrogens is 148 g/mol. The summed E-state index contributed by atoms with van der Waals surface area (Å²) in [4.78, 5) is 0. The summed E-state index contributed by atoms with van der Waals surface area (Å²) in [7, 11) is 0. The molecule has 2 heterocycles. The Morgan fingerprint density at radius 2 is 1.75 bits per heavy atom. The maximum Gasteiger partial charge on any atom is 0.0575 e. The van der Waals surface area contributed by atoms with Gasteiger partial charge in [-0.1, -0.05) is 20.8 Å². The van der Waals surface area contributed by atoms with Crippen molar-refractivity contribution < 1.29 is 4.74 Å². The van der Waals surface area contributed by atoms with Gasteiger partial charge in [0.1, 0.15) is 0 Å². The molecule has 0 radical (unpaired) electrons. The largest absolute Gasteiger partial charge is 0.378 e. The molecule has 3 rings (SSSR count). The van der Waals surface area contributed by atoms with E-state index in [1.54, 1.807) is 0 Å². The summed E-state index contributed by atoms with van der Waals surface area (Å²) in [5.74, 6) is 0. The lowest BCUT2D eigenvalue weighted by atomic mass is 9.58. The van der Waals surface area contributed by atoms with Crippen molar-refractivity contribution in [3.8, 4) is 0 Å². The van der Waals surface area contributed by atoms with Crippen LogP contribution in [0, 0.1) is 10.8 Å². The van der Waals surface area contributed by atoms with E-state index in [-0.39, 0.29) is 0 Å². The molecule has 0 aromatic rings. The lowest BCUT2D eigenvalue weighted by Gasteiger charge is -2.53. The second-order valence-corrected chi connectivity index (χ2v) is 5.54. The van der Waals surface area contributed by atoms with E-state index < -0.39 is 0 Å². The molecule has 2 saturated heterocycles. The Balaban J connectivity index is 2.19. The molecule has 3 fully saturated rings. The number of hydrogen-bond donors (Lipinski definition) is 0. The Morgan fingerprint density at radius 1 is 1.17 bits per heavy atom. The van der Waals surface area contributed by atoms with Gasteiger partial charge in [-0.05, 0) is 36.5 Å². The quantitative estimate of drug-likeness (QED) is 0.540. The van der Waals surface area contributed by atoms with Gasteiger partial charge in [-0.25, -0.2) is 0 Å². The monoisotopic (exact) mass is 168 g/mol. The third-order valence-electron chi connectivity index (χ3n) is 4.08. The molecule has 0 atom stereocenters. The SMILES string of the molecule is CC(C)(C)C12CCC(CC1)OC2. The first-order chi connectivity index (χ1) is 5.54. The number of hydrogen-bond acceptors (Lipinski definition) is 1. The van der Waals surface area contributed by atoms with Crippen molar-refractivity contribution in [2.45, 2.75) is 52.6 Å². The first-order valence-corrected chi connectivity index (χ1v) is 5.15. The highest BCUT2D eigenvalue weighted by Gasteiger charge is 2.48. The van der Waals surface area contributed by atoms with E-state index in [9.17, 15) is 0 Å². The van der Waals surface area contributed by atoms with Crippen LogP contribution in [0.2, 0.25) is 0 Å². The highest BCUT2D eigenvalue weighted by atomic mass is 16.5. The summed E-state index contributed by atoms with van der Waals surface area (Å²) in [5, 5.41) is 0. The van der Waals surface area contributed by atoms with Crippen LogP contribution in [-0.4, -0.2) is 12.7 Å². The van der Waals surface area contributed by atoms with Crippen molar-refractivity contribution in [3.05, 3.63) is 0 Å². The van der Waals surface area contributed by atoms with Gasteiger partial charge in [-0.2, -0.15) is 0 Å². The zero-order valence-corrected chi connectivity index (χ0v) is 8.52. The van der Waals surface area contributed by atoms with E-state index in [1.165, 1.54) is 25.7 Å². The van der Waals surface area contributed by atoms with E-state index >= 15 is 0 Å². The minimum atomic E-state index is 0.429.